The van der Waals surface area contributed by atoms with Crippen LogP contribution in [0, 0.1) is 17.0 Å². The molecular weight excluding hydrogens is 274 g/mol. The van der Waals surface area contributed by atoms with E-state index in [1.165, 1.54) is 0 Å². The summed E-state index contributed by atoms with van der Waals surface area (Å²) in [5.41, 5.74) is 1.18. The molecule has 0 fully saturated rings. The maximum absolute atomic E-state index is 11.3. The minimum atomic E-state index is -0.455. The fourth-order valence-electron chi connectivity index (χ4n) is 2.05. The molecule has 112 valence electrons. The zero-order chi connectivity index (χ0) is 15.6. The summed E-state index contributed by atoms with van der Waals surface area (Å²) in [5.74, 6) is 0.631. The molecule has 9 nitrogen and oxygen atoms in total. The first-order valence-corrected chi connectivity index (χ1v) is 6.31. The van der Waals surface area contributed by atoms with Crippen molar-refractivity contribution in [2.75, 3.05) is 24.3 Å². The molecule has 2 heterocycles. The van der Waals surface area contributed by atoms with Gasteiger partial charge < -0.3 is 10.2 Å². The molecule has 0 spiro atoms. The second kappa shape index (κ2) is 5.73. The molecule has 0 aliphatic rings. The van der Waals surface area contributed by atoms with Crippen molar-refractivity contribution in [2.24, 2.45) is 7.05 Å². The summed E-state index contributed by atoms with van der Waals surface area (Å²) in [4.78, 5) is 20.8. The van der Waals surface area contributed by atoms with E-state index in [9.17, 15) is 10.1 Å². The Morgan fingerprint density at radius 3 is 2.71 bits per heavy atom. The summed E-state index contributed by atoms with van der Waals surface area (Å²) in [6.07, 6.45) is 3.57. The molecule has 0 saturated heterocycles. The Kier molecular flexibility index (Phi) is 4.01. The first kappa shape index (κ1) is 14.7. The van der Waals surface area contributed by atoms with E-state index in [1.54, 1.807) is 36.8 Å². The van der Waals surface area contributed by atoms with Gasteiger partial charge in [0, 0.05) is 39.4 Å². The van der Waals surface area contributed by atoms with E-state index in [1.807, 2.05) is 13.2 Å². The molecule has 0 aromatic carbocycles. The smallest absolute Gasteiger partial charge is 0.332 e. The van der Waals surface area contributed by atoms with Gasteiger partial charge in [-0.1, -0.05) is 0 Å². The fourth-order valence-corrected chi connectivity index (χ4v) is 2.05. The fraction of sp³-hybridized carbons (Fsp3) is 0.417. The van der Waals surface area contributed by atoms with Crippen molar-refractivity contribution >= 4 is 17.5 Å². The summed E-state index contributed by atoms with van der Waals surface area (Å²) in [6.45, 7) is 2.07. The molecule has 0 saturated carbocycles. The minimum Gasteiger partial charge on any atom is -0.357 e. The molecule has 0 atom stereocenters. The van der Waals surface area contributed by atoms with Crippen LogP contribution in [0.25, 0.3) is 0 Å². The number of hydrogen-bond donors (Lipinski definition) is 1. The van der Waals surface area contributed by atoms with Gasteiger partial charge in [0.1, 0.15) is 5.69 Å². The highest BCUT2D eigenvalue weighted by Crippen LogP contribution is 2.29. The van der Waals surface area contributed by atoms with Crippen LogP contribution in [0.3, 0.4) is 0 Å². The molecule has 0 radical (unpaired) electrons. The van der Waals surface area contributed by atoms with Crippen LogP contribution < -0.4 is 10.2 Å². The molecule has 2 aromatic rings. The van der Waals surface area contributed by atoms with Crippen molar-refractivity contribution in [1.82, 2.24) is 19.7 Å². The van der Waals surface area contributed by atoms with Gasteiger partial charge in [-0.3, -0.25) is 14.8 Å². The largest absolute Gasteiger partial charge is 0.357 e. The van der Waals surface area contributed by atoms with Crippen molar-refractivity contribution < 1.29 is 4.92 Å². The molecule has 21 heavy (non-hydrogen) atoms. The Bertz CT molecular complexity index is 668. The lowest BCUT2D eigenvalue weighted by molar-refractivity contribution is -0.385. The predicted molar refractivity (Wildman–Crippen MR) is 78.3 cm³/mol. The molecule has 2 rings (SSSR count). The lowest BCUT2D eigenvalue weighted by atomic mass is 10.3. The van der Waals surface area contributed by atoms with Crippen LogP contribution in [-0.2, 0) is 13.6 Å². The predicted octanol–water partition coefficient (Wildman–Crippen LogP) is 1.10. The maximum atomic E-state index is 11.3. The van der Waals surface area contributed by atoms with E-state index in [0.717, 1.165) is 5.56 Å². The monoisotopic (exact) mass is 291 g/mol. The molecule has 0 bridgehead atoms. The number of rotatable bonds is 5. The van der Waals surface area contributed by atoms with Crippen molar-refractivity contribution in [1.29, 1.82) is 0 Å². The quantitative estimate of drug-likeness (QED) is 0.650. The maximum Gasteiger partial charge on any atom is 0.332 e. The van der Waals surface area contributed by atoms with Gasteiger partial charge in [0.15, 0.2) is 0 Å². The van der Waals surface area contributed by atoms with Gasteiger partial charge in [0.25, 0.3) is 0 Å². The highest BCUT2D eigenvalue weighted by atomic mass is 16.6. The van der Waals surface area contributed by atoms with Crippen LogP contribution in [0.4, 0.5) is 17.5 Å². The summed E-state index contributed by atoms with van der Waals surface area (Å²) in [6, 6.07) is 0. The number of nitrogens with one attached hydrogen (secondary N) is 1. The number of aryl methyl sites for hydroxylation is 2. The van der Waals surface area contributed by atoms with E-state index in [-0.39, 0.29) is 11.5 Å². The molecule has 2 aromatic heterocycles. The number of anilines is 2. The average molecular weight is 291 g/mol. The Morgan fingerprint density at radius 1 is 1.48 bits per heavy atom. The van der Waals surface area contributed by atoms with E-state index < -0.39 is 4.92 Å². The summed E-state index contributed by atoms with van der Waals surface area (Å²) >= 11 is 0. The molecule has 0 aliphatic heterocycles. The minimum absolute atomic E-state index is 0.0830. The van der Waals surface area contributed by atoms with Crippen LogP contribution in [0.1, 0.15) is 11.3 Å². The van der Waals surface area contributed by atoms with Gasteiger partial charge >= 0.3 is 5.69 Å². The van der Waals surface area contributed by atoms with Crippen molar-refractivity contribution in [3.05, 3.63) is 33.8 Å². The molecule has 1 N–H and O–H groups in total. The standard InChI is InChI=1S/C12H17N7O2/c1-8-10(19(20)21)11(16-12(13-2)15-8)17(3)6-9-5-14-18(4)7-9/h5,7H,6H2,1-4H3,(H,13,15,16). The molecule has 9 heteroatoms. The Balaban J connectivity index is 2.40. The Hall–Kier alpha value is -2.71. The second-order valence-corrected chi connectivity index (χ2v) is 4.69. The van der Waals surface area contributed by atoms with E-state index in [2.05, 4.69) is 20.4 Å². The van der Waals surface area contributed by atoms with Crippen molar-refractivity contribution in [2.45, 2.75) is 13.5 Å². The van der Waals surface area contributed by atoms with Crippen LogP contribution in [0.15, 0.2) is 12.4 Å². The third-order valence-electron chi connectivity index (χ3n) is 2.99. The molecule has 0 unspecified atom stereocenters. The summed E-state index contributed by atoms with van der Waals surface area (Å²) in [5, 5.41) is 18.2. The van der Waals surface area contributed by atoms with Crippen LogP contribution >= 0.6 is 0 Å². The van der Waals surface area contributed by atoms with E-state index in [0.29, 0.717) is 18.2 Å². The second-order valence-electron chi connectivity index (χ2n) is 4.69. The van der Waals surface area contributed by atoms with Gasteiger partial charge in [-0.25, -0.2) is 4.98 Å². The van der Waals surface area contributed by atoms with Gasteiger partial charge in [0.05, 0.1) is 11.1 Å². The van der Waals surface area contributed by atoms with E-state index in [4.69, 9.17) is 0 Å². The average Bonchev–Trinajstić information content (AvgIpc) is 2.82. The van der Waals surface area contributed by atoms with Crippen molar-refractivity contribution in [3.63, 3.8) is 0 Å². The third kappa shape index (κ3) is 3.07. The van der Waals surface area contributed by atoms with Crippen LogP contribution in [0.2, 0.25) is 0 Å². The number of nitro groups is 1. The highest BCUT2D eigenvalue weighted by Gasteiger charge is 2.24. The van der Waals surface area contributed by atoms with Gasteiger partial charge in [0.2, 0.25) is 11.8 Å². The number of aromatic nitrogens is 4. The normalized spacial score (nSPS) is 10.5. The molecule has 0 aliphatic carbocycles. The first-order valence-electron chi connectivity index (χ1n) is 6.31. The van der Waals surface area contributed by atoms with E-state index >= 15 is 0 Å². The first-order chi connectivity index (χ1) is 9.92. The highest BCUT2D eigenvalue weighted by molar-refractivity contribution is 5.62. The number of hydrogen-bond acceptors (Lipinski definition) is 7. The van der Waals surface area contributed by atoms with Crippen LogP contribution in [-0.4, -0.2) is 38.8 Å². The Morgan fingerprint density at radius 2 is 2.19 bits per heavy atom. The van der Waals surface area contributed by atoms with Gasteiger partial charge in [-0.15, -0.1) is 0 Å². The zero-order valence-electron chi connectivity index (χ0n) is 12.4. The third-order valence-corrected chi connectivity index (χ3v) is 2.99. The molecular formula is C12H17N7O2. The van der Waals surface area contributed by atoms with Gasteiger partial charge in [-0.2, -0.15) is 10.1 Å². The van der Waals surface area contributed by atoms with Gasteiger partial charge in [-0.05, 0) is 6.92 Å². The SMILES string of the molecule is CNc1nc(C)c([N+](=O)[O-])c(N(C)Cc2cnn(C)c2)n1. The summed E-state index contributed by atoms with van der Waals surface area (Å²) in [7, 11) is 5.24. The topological polar surface area (TPSA) is 102 Å². The number of nitrogens with zero attached hydrogens (tertiary/aromatic N) is 6. The lowest BCUT2D eigenvalue weighted by Gasteiger charge is -2.18. The zero-order valence-corrected chi connectivity index (χ0v) is 12.4. The Labute approximate surface area is 121 Å². The summed E-state index contributed by atoms with van der Waals surface area (Å²) < 4.78 is 1.68. The van der Waals surface area contributed by atoms with Crippen LogP contribution in [0.5, 0.6) is 0 Å². The lowest BCUT2D eigenvalue weighted by Crippen LogP contribution is -2.20. The molecule has 0 amide bonds. The van der Waals surface area contributed by atoms with Crippen molar-refractivity contribution in [3.8, 4) is 0 Å².